The van der Waals surface area contributed by atoms with E-state index in [0.29, 0.717) is 22.8 Å². The number of nitrogens with one attached hydrogen (secondary N) is 5. The minimum absolute atomic E-state index is 0.00288. The number of carbonyl (C=O) groups is 2. The Morgan fingerprint density at radius 2 is 1.16 bits per heavy atom. The van der Waals surface area contributed by atoms with Crippen molar-refractivity contribution in [3.05, 3.63) is 117 Å². The first-order valence-corrected chi connectivity index (χ1v) is 19.4. The van der Waals surface area contributed by atoms with Crippen molar-refractivity contribution in [3.63, 3.8) is 0 Å². The van der Waals surface area contributed by atoms with Crippen LogP contribution in [0.3, 0.4) is 0 Å². The van der Waals surface area contributed by atoms with E-state index in [0.717, 1.165) is 132 Å². The highest BCUT2D eigenvalue weighted by Gasteiger charge is 2.48. The largest absolute Gasteiger partial charge is 0.356 e. The Bertz CT molecular complexity index is 2690. The Morgan fingerprint density at radius 3 is 1.61 bits per heavy atom. The van der Waals surface area contributed by atoms with E-state index in [9.17, 15) is 18.4 Å². The number of rotatable bonds is 2. The minimum Gasteiger partial charge on any atom is -0.356 e. The molecular formula is C43H38F2N10O2. The molecule has 4 aliphatic heterocycles. The van der Waals surface area contributed by atoms with Gasteiger partial charge in [0.1, 0.15) is 11.6 Å². The second kappa shape index (κ2) is 12.4. The number of H-pyrrole nitrogens is 2. The molecule has 0 bridgehead atoms. The van der Waals surface area contributed by atoms with Gasteiger partial charge in [0.25, 0.3) is 11.8 Å². The molecule has 14 heteroatoms. The first-order valence-electron chi connectivity index (χ1n) is 19.4. The average Bonchev–Trinajstić information content (AvgIpc) is 3.76. The van der Waals surface area contributed by atoms with Crippen LogP contribution in [0.1, 0.15) is 54.4 Å². The van der Waals surface area contributed by atoms with Gasteiger partial charge in [0.05, 0.1) is 45.0 Å². The molecule has 12 rings (SSSR count). The number of carbonyl (C=O) groups excluding carboxylic acids is 2. The molecule has 8 heterocycles. The molecule has 2 saturated heterocycles. The molecule has 2 spiro atoms. The number of nitrogens with zero attached hydrogens (tertiary/aromatic N) is 5. The van der Waals surface area contributed by atoms with Crippen LogP contribution in [0.5, 0.6) is 0 Å². The number of likely N-dealkylation sites (tertiary alicyclic amines) is 1. The molecular weight excluding hydrogens is 727 g/mol. The maximum Gasteiger partial charge on any atom is 0.253 e. The van der Waals surface area contributed by atoms with E-state index in [1.165, 1.54) is 24.3 Å². The summed E-state index contributed by atoms with van der Waals surface area (Å²) < 4.78 is 27.3. The topological polar surface area (TPSA) is 157 Å². The number of hydrogen-bond acceptors (Lipinski definition) is 8. The number of amides is 2. The van der Waals surface area contributed by atoms with Crippen LogP contribution in [0.15, 0.2) is 60.9 Å². The van der Waals surface area contributed by atoms with Crippen molar-refractivity contribution in [2.24, 2.45) is 0 Å². The fraction of sp³-hybridized carbons (Fsp3) is 0.302. The molecule has 0 atom stereocenters. The lowest BCUT2D eigenvalue weighted by Crippen LogP contribution is -2.71. The summed E-state index contributed by atoms with van der Waals surface area (Å²) in [5.74, 6) is 0.369. The number of halogens is 2. The number of fused-ring (bicyclic) bond motifs is 10. The molecule has 6 aliphatic rings. The van der Waals surface area contributed by atoms with Crippen LogP contribution in [0.2, 0.25) is 0 Å². The highest BCUT2D eigenvalue weighted by molar-refractivity contribution is 6.02. The van der Waals surface area contributed by atoms with Gasteiger partial charge in [0.2, 0.25) is 0 Å². The first-order chi connectivity index (χ1) is 27.6. The lowest BCUT2D eigenvalue weighted by molar-refractivity contribution is 0.0479. The highest BCUT2D eigenvalue weighted by atomic mass is 19.1. The van der Waals surface area contributed by atoms with Crippen LogP contribution in [0, 0.1) is 11.6 Å². The normalized spacial score (nSPS) is 18.9. The zero-order valence-corrected chi connectivity index (χ0v) is 31.2. The monoisotopic (exact) mass is 764 g/mol. The summed E-state index contributed by atoms with van der Waals surface area (Å²) in [7, 11) is 2.06. The molecule has 2 aliphatic carbocycles. The van der Waals surface area contributed by atoms with Crippen molar-refractivity contribution in [2.75, 3.05) is 33.2 Å². The third kappa shape index (κ3) is 5.52. The van der Waals surface area contributed by atoms with Crippen LogP contribution < -0.4 is 16.0 Å². The van der Waals surface area contributed by atoms with Crippen LogP contribution >= 0.6 is 0 Å². The van der Waals surface area contributed by atoms with E-state index < -0.39 is 0 Å². The quantitative estimate of drug-likeness (QED) is 0.174. The molecule has 2 amide bonds. The van der Waals surface area contributed by atoms with Gasteiger partial charge < -0.3 is 30.8 Å². The van der Waals surface area contributed by atoms with Gasteiger partial charge in [-0.2, -0.15) is 0 Å². The SMILES string of the molecule is CN1CC2(Cc3[nH]c4c(c3C(=O)N2)CCc2cnc(-c3cccc(F)c3)nc2-4)C1.O=C1NC2(CNC2)Cc2[nH]c3c(c21)CCc1cnc(-c2cccc(F)c2)nc1-3. The van der Waals surface area contributed by atoms with E-state index in [2.05, 4.69) is 47.8 Å². The summed E-state index contributed by atoms with van der Waals surface area (Å²) in [5.41, 5.74) is 12.2. The summed E-state index contributed by atoms with van der Waals surface area (Å²) in [6, 6.07) is 12.6. The molecule has 6 aromatic rings. The Kier molecular flexibility index (Phi) is 7.45. The number of aryl methyl sites for hydroxylation is 2. The maximum atomic E-state index is 13.7. The zero-order valence-electron chi connectivity index (χ0n) is 31.2. The number of aromatic nitrogens is 6. The summed E-state index contributed by atoms with van der Waals surface area (Å²) in [6.45, 7) is 3.32. The zero-order chi connectivity index (χ0) is 38.6. The van der Waals surface area contributed by atoms with Gasteiger partial charge in [-0.15, -0.1) is 0 Å². The summed E-state index contributed by atoms with van der Waals surface area (Å²) in [6.07, 6.45) is 8.41. The van der Waals surface area contributed by atoms with Crippen LogP contribution in [0.25, 0.3) is 45.6 Å². The van der Waals surface area contributed by atoms with Gasteiger partial charge in [0.15, 0.2) is 11.6 Å². The van der Waals surface area contributed by atoms with Gasteiger partial charge in [-0.1, -0.05) is 24.3 Å². The second-order valence-electron chi connectivity index (χ2n) is 16.4. The van der Waals surface area contributed by atoms with Crippen molar-refractivity contribution >= 4 is 11.8 Å². The summed E-state index contributed by atoms with van der Waals surface area (Å²) >= 11 is 0. The molecule has 2 fully saturated rings. The smallest absolute Gasteiger partial charge is 0.253 e. The standard InChI is InChI=1S/C22H20FN5O.C21H18FN5O/c1-28-10-22(11-28)8-16-17(21(29)27-22)15-6-5-13-9-24-20(26-18(13)19(15)25-16)12-3-2-4-14(23)7-12;22-13-3-1-2-11(6-13)19-24-8-12-4-5-14-16-15(25-18(14)17(12)26-19)7-21(9-23-10-21)27-20(16)28/h2-4,7,9,25H,5-6,8,10-11H2,1H3,(H,27,29);1-3,6,8,23,25H,4-5,7,9-10H2,(H,27,28). The summed E-state index contributed by atoms with van der Waals surface area (Å²) in [5, 5.41) is 9.69. The number of aromatic amines is 2. The van der Waals surface area contributed by atoms with E-state index in [1.807, 2.05) is 12.4 Å². The highest BCUT2D eigenvalue weighted by Crippen LogP contribution is 2.41. The van der Waals surface area contributed by atoms with Gasteiger partial charge in [0, 0.05) is 73.9 Å². The Morgan fingerprint density at radius 1 is 0.667 bits per heavy atom. The third-order valence-electron chi connectivity index (χ3n) is 12.3. The van der Waals surface area contributed by atoms with Crippen molar-refractivity contribution in [1.82, 2.24) is 50.8 Å². The van der Waals surface area contributed by atoms with E-state index in [4.69, 9.17) is 9.97 Å². The number of hydrogen-bond donors (Lipinski definition) is 5. The molecule has 286 valence electrons. The van der Waals surface area contributed by atoms with Gasteiger partial charge in [-0.3, -0.25) is 9.59 Å². The first kappa shape index (κ1) is 34.2. The van der Waals surface area contributed by atoms with Crippen LogP contribution in [-0.2, 0) is 38.5 Å². The lowest BCUT2D eigenvalue weighted by Gasteiger charge is -2.50. The molecule has 0 unspecified atom stereocenters. The number of benzene rings is 2. The third-order valence-corrected chi connectivity index (χ3v) is 12.3. The number of likely N-dealkylation sites (N-methyl/N-ethyl adjacent to an activating group) is 1. The molecule has 5 N–H and O–H groups in total. The Hall–Kier alpha value is -6.12. The Labute approximate surface area is 326 Å². The van der Waals surface area contributed by atoms with Gasteiger partial charge >= 0.3 is 0 Å². The average molecular weight is 765 g/mol. The maximum absolute atomic E-state index is 13.7. The predicted octanol–water partition coefficient (Wildman–Crippen LogP) is 4.35. The van der Waals surface area contributed by atoms with Crippen LogP contribution in [0.4, 0.5) is 8.78 Å². The second-order valence-corrected chi connectivity index (χ2v) is 16.4. The van der Waals surface area contributed by atoms with E-state index in [1.54, 1.807) is 24.3 Å². The van der Waals surface area contributed by atoms with Crippen molar-refractivity contribution < 1.29 is 18.4 Å². The van der Waals surface area contributed by atoms with E-state index >= 15 is 0 Å². The van der Waals surface area contributed by atoms with E-state index in [-0.39, 0.29) is 34.5 Å². The molecule has 57 heavy (non-hydrogen) atoms. The predicted molar refractivity (Wildman–Crippen MR) is 207 cm³/mol. The fourth-order valence-electron chi connectivity index (χ4n) is 9.76. The minimum atomic E-state index is -0.314. The van der Waals surface area contributed by atoms with Crippen molar-refractivity contribution in [2.45, 2.75) is 49.6 Å². The van der Waals surface area contributed by atoms with Gasteiger partial charge in [-0.25, -0.2) is 28.7 Å². The molecule has 12 nitrogen and oxygen atoms in total. The lowest BCUT2D eigenvalue weighted by atomic mass is 9.80. The molecule has 4 aromatic heterocycles. The fourth-order valence-corrected chi connectivity index (χ4v) is 9.76. The molecule has 0 radical (unpaired) electrons. The molecule has 0 saturated carbocycles. The van der Waals surface area contributed by atoms with Crippen molar-refractivity contribution in [1.29, 1.82) is 0 Å². The molecule has 2 aromatic carbocycles. The van der Waals surface area contributed by atoms with Crippen molar-refractivity contribution in [3.8, 4) is 45.6 Å². The van der Waals surface area contributed by atoms with Crippen LogP contribution in [-0.4, -0.2) is 90.9 Å². The van der Waals surface area contributed by atoms with Gasteiger partial charge in [-0.05, 0) is 79.3 Å². The summed E-state index contributed by atoms with van der Waals surface area (Å²) in [4.78, 5) is 53.4. The Balaban J connectivity index is 0.000000131.